The second-order valence-electron chi connectivity index (χ2n) is 7.99. The quantitative estimate of drug-likeness (QED) is 0.446. The van der Waals surface area contributed by atoms with Crippen molar-refractivity contribution in [1.29, 1.82) is 0 Å². The van der Waals surface area contributed by atoms with E-state index in [4.69, 9.17) is 16.3 Å². The summed E-state index contributed by atoms with van der Waals surface area (Å²) in [7, 11) is 1.70. The summed E-state index contributed by atoms with van der Waals surface area (Å²) in [6.45, 7) is 1.98. The van der Waals surface area contributed by atoms with Crippen LogP contribution in [0.1, 0.15) is 47.1 Å². The average molecular weight is 434 g/mol. The summed E-state index contributed by atoms with van der Waals surface area (Å²) in [5.74, 6) is 0.815. The molecular formula is C24H24ClN5O. The molecule has 0 aliphatic carbocycles. The van der Waals surface area contributed by atoms with Crippen LogP contribution in [0.15, 0.2) is 55.0 Å². The van der Waals surface area contributed by atoms with Gasteiger partial charge >= 0.3 is 0 Å². The fraction of sp³-hybridized carbons (Fsp3) is 0.292. The van der Waals surface area contributed by atoms with Crippen LogP contribution in [-0.2, 0) is 12.8 Å². The fourth-order valence-corrected chi connectivity index (χ4v) is 4.49. The zero-order valence-corrected chi connectivity index (χ0v) is 18.4. The van der Waals surface area contributed by atoms with Crippen molar-refractivity contribution >= 4 is 11.6 Å². The van der Waals surface area contributed by atoms with Crippen LogP contribution in [0.2, 0.25) is 5.02 Å². The first-order valence-electron chi connectivity index (χ1n) is 10.5. The molecule has 1 aliphatic heterocycles. The van der Waals surface area contributed by atoms with Crippen LogP contribution in [0, 0.1) is 6.92 Å². The normalized spacial score (nSPS) is 15.6. The second kappa shape index (κ2) is 8.19. The Morgan fingerprint density at radius 2 is 2.00 bits per heavy atom. The smallest absolute Gasteiger partial charge is 0.143 e. The number of imidazole rings is 1. The highest BCUT2D eigenvalue weighted by Gasteiger charge is 2.26. The van der Waals surface area contributed by atoms with Gasteiger partial charge in [-0.3, -0.25) is 0 Å². The third-order valence-electron chi connectivity index (χ3n) is 5.92. The van der Waals surface area contributed by atoms with Gasteiger partial charge in [0.2, 0.25) is 0 Å². The molecule has 6 nitrogen and oxygen atoms in total. The van der Waals surface area contributed by atoms with Crippen LogP contribution in [0.5, 0.6) is 5.75 Å². The van der Waals surface area contributed by atoms with E-state index < -0.39 is 0 Å². The Kier molecular flexibility index (Phi) is 5.24. The van der Waals surface area contributed by atoms with Gasteiger partial charge in [0.15, 0.2) is 0 Å². The van der Waals surface area contributed by atoms with Crippen molar-refractivity contribution in [2.45, 2.75) is 38.6 Å². The van der Waals surface area contributed by atoms with Gasteiger partial charge in [-0.1, -0.05) is 35.0 Å². The number of nitrogens with zero attached hydrogens (tertiary/aromatic N) is 5. The lowest BCUT2D eigenvalue weighted by atomic mass is 9.95. The molecule has 2 aromatic carbocycles. The molecule has 0 saturated carbocycles. The van der Waals surface area contributed by atoms with Crippen LogP contribution < -0.4 is 4.74 Å². The molecule has 0 bridgehead atoms. The van der Waals surface area contributed by atoms with Crippen LogP contribution in [0.25, 0.3) is 5.69 Å². The minimum atomic E-state index is 0.212. The number of halogens is 1. The molecule has 0 saturated heterocycles. The van der Waals surface area contributed by atoms with Crippen LogP contribution in [0.3, 0.4) is 0 Å². The zero-order chi connectivity index (χ0) is 21.4. The van der Waals surface area contributed by atoms with E-state index in [2.05, 4.69) is 50.3 Å². The Bertz CT molecular complexity index is 1210. The largest absolute Gasteiger partial charge is 0.495 e. The molecule has 4 aromatic rings. The van der Waals surface area contributed by atoms with Crippen LogP contribution in [-0.4, -0.2) is 31.7 Å². The molecule has 5 rings (SSSR count). The number of aromatic nitrogens is 5. The molecule has 0 radical (unpaired) electrons. The lowest BCUT2D eigenvalue weighted by Gasteiger charge is -2.24. The fourth-order valence-electron chi connectivity index (χ4n) is 4.36. The molecule has 1 atom stereocenters. The van der Waals surface area contributed by atoms with Crippen molar-refractivity contribution in [2.24, 2.45) is 0 Å². The maximum absolute atomic E-state index is 6.07. The summed E-state index contributed by atoms with van der Waals surface area (Å²) in [6, 6.07) is 14.5. The molecule has 1 aliphatic rings. The van der Waals surface area contributed by atoms with E-state index in [-0.39, 0.29) is 6.04 Å². The highest BCUT2D eigenvalue weighted by atomic mass is 35.5. The third-order valence-corrected chi connectivity index (χ3v) is 6.17. The van der Waals surface area contributed by atoms with E-state index >= 15 is 0 Å². The molecule has 158 valence electrons. The third kappa shape index (κ3) is 3.83. The summed E-state index contributed by atoms with van der Waals surface area (Å²) >= 11 is 6.07. The van der Waals surface area contributed by atoms with Crippen LogP contribution >= 0.6 is 11.6 Å². The maximum atomic E-state index is 6.07. The second-order valence-corrected chi connectivity index (χ2v) is 8.43. The van der Waals surface area contributed by atoms with Crippen molar-refractivity contribution in [3.05, 3.63) is 88.2 Å². The molecule has 0 N–H and O–H groups in total. The Morgan fingerprint density at radius 3 is 2.74 bits per heavy atom. The highest BCUT2D eigenvalue weighted by molar-refractivity contribution is 6.30. The Hall–Kier alpha value is -3.12. The van der Waals surface area contributed by atoms with E-state index in [0.29, 0.717) is 0 Å². The SMILES string of the molecule is COc1cc(Cc2nnn3c2CCCC3c2ccc(Cl)cc2)ccc1-n1cnc(C)c1. The lowest BCUT2D eigenvalue weighted by Crippen LogP contribution is -2.20. The predicted octanol–water partition coefficient (Wildman–Crippen LogP) is 4.95. The van der Waals surface area contributed by atoms with Gasteiger partial charge in [0.25, 0.3) is 0 Å². The van der Waals surface area contributed by atoms with Crippen LogP contribution in [0.4, 0.5) is 0 Å². The van der Waals surface area contributed by atoms with Gasteiger partial charge in [-0.15, -0.1) is 5.10 Å². The minimum Gasteiger partial charge on any atom is -0.495 e. The first-order valence-corrected chi connectivity index (χ1v) is 10.9. The summed E-state index contributed by atoms with van der Waals surface area (Å²) in [4.78, 5) is 4.32. The zero-order valence-electron chi connectivity index (χ0n) is 17.6. The number of fused-ring (bicyclic) bond motifs is 1. The van der Waals surface area contributed by atoms with Crippen molar-refractivity contribution < 1.29 is 4.74 Å². The number of benzene rings is 2. The minimum absolute atomic E-state index is 0.212. The Balaban J connectivity index is 1.43. The van der Waals surface area contributed by atoms with E-state index in [9.17, 15) is 0 Å². The number of hydrogen-bond donors (Lipinski definition) is 0. The summed E-state index contributed by atoms with van der Waals surface area (Å²) in [5.41, 5.74) is 6.57. The number of methoxy groups -OCH3 is 1. The van der Waals surface area contributed by atoms with Gasteiger partial charge in [0.1, 0.15) is 5.75 Å². The first kappa shape index (κ1) is 19.8. The van der Waals surface area contributed by atoms with E-state index in [1.807, 2.05) is 29.8 Å². The Labute approximate surface area is 186 Å². The number of rotatable bonds is 5. The van der Waals surface area contributed by atoms with Gasteiger partial charge in [0.05, 0.1) is 42.2 Å². The Morgan fingerprint density at radius 1 is 1.16 bits per heavy atom. The van der Waals surface area contributed by atoms with Crippen molar-refractivity contribution in [3.63, 3.8) is 0 Å². The van der Waals surface area contributed by atoms with Gasteiger partial charge in [-0.2, -0.15) is 0 Å². The van der Waals surface area contributed by atoms with Gasteiger partial charge in [-0.05, 0) is 61.6 Å². The molecule has 0 fully saturated rings. The van der Waals surface area contributed by atoms with Crippen molar-refractivity contribution in [1.82, 2.24) is 24.5 Å². The summed E-state index contributed by atoms with van der Waals surface area (Å²) in [5, 5.41) is 9.84. The van der Waals surface area contributed by atoms with E-state index in [0.717, 1.165) is 59.1 Å². The molecule has 1 unspecified atom stereocenters. The highest BCUT2D eigenvalue weighted by Crippen LogP contribution is 2.33. The van der Waals surface area contributed by atoms with E-state index in [1.165, 1.54) is 11.3 Å². The molecule has 31 heavy (non-hydrogen) atoms. The van der Waals surface area contributed by atoms with Crippen molar-refractivity contribution in [2.75, 3.05) is 7.11 Å². The van der Waals surface area contributed by atoms with E-state index in [1.54, 1.807) is 13.4 Å². The summed E-state index contributed by atoms with van der Waals surface area (Å²) in [6.07, 6.45) is 7.70. The molecule has 2 aromatic heterocycles. The topological polar surface area (TPSA) is 57.8 Å². The predicted molar refractivity (Wildman–Crippen MR) is 120 cm³/mol. The molecular weight excluding hydrogens is 410 g/mol. The number of aryl methyl sites for hydroxylation is 1. The first-order chi connectivity index (χ1) is 15.1. The maximum Gasteiger partial charge on any atom is 0.143 e. The number of ether oxygens (including phenoxy) is 1. The number of hydrogen-bond acceptors (Lipinski definition) is 4. The molecule has 7 heteroatoms. The van der Waals surface area contributed by atoms with Gasteiger partial charge in [0, 0.05) is 17.6 Å². The standard InChI is InChI=1S/C24H24ClN5O/c1-16-14-29(15-26-16)23-11-6-17(13-24(23)31-2)12-20-22-5-3-4-21(30(22)28-27-20)18-7-9-19(25)10-8-18/h6-11,13-15,21H,3-5,12H2,1-2H3. The molecule has 0 spiro atoms. The van der Waals surface area contributed by atoms with Crippen molar-refractivity contribution in [3.8, 4) is 11.4 Å². The monoisotopic (exact) mass is 433 g/mol. The lowest BCUT2D eigenvalue weighted by molar-refractivity contribution is 0.409. The average Bonchev–Trinajstić information content (AvgIpc) is 3.40. The van der Waals surface area contributed by atoms with Gasteiger partial charge in [-0.25, -0.2) is 9.67 Å². The molecule has 0 amide bonds. The van der Waals surface area contributed by atoms with Gasteiger partial charge < -0.3 is 9.30 Å². The summed E-state index contributed by atoms with van der Waals surface area (Å²) < 4.78 is 9.75. The molecule has 3 heterocycles.